The normalized spacial score (nSPS) is 12.7. The number of nitrogens with two attached hydrogens (primary N) is 1. The molecule has 96 valence electrons. The number of aryl methyl sites for hydroxylation is 1. The summed E-state index contributed by atoms with van der Waals surface area (Å²) >= 11 is 1.74. The van der Waals surface area contributed by atoms with Gasteiger partial charge >= 0.3 is 0 Å². The summed E-state index contributed by atoms with van der Waals surface area (Å²) in [5, 5.41) is 3.36. The van der Waals surface area contributed by atoms with Crippen molar-refractivity contribution in [3.05, 3.63) is 64.8 Å². The maximum atomic E-state index is 5.79. The number of aromatic nitrogens is 1. The maximum Gasteiger partial charge on any atom is 0.0741 e. The van der Waals surface area contributed by atoms with Crippen LogP contribution in [0.15, 0.2) is 48.0 Å². The molecule has 1 unspecified atom stereocenters. The Hall–Kier alpha value is -1.75. The molecule has 19 heavy (non-hydrogen) atoms. The summed E-state index contributed by atoms with van der Waals surface area (Å²) in [4.78, 5) is 4.35. The van der Waals surface area contributed by atoms with Crippen molar-refractivity contribution < 1.29 is 0 Å². The summed E-state index contributed by atoms with van der Waals surface area (Å²) < 4.78 is 1.27. The predicted molar refractivity (Wildman–Crippen MR) is 80.0 cm³/mol. The second-order valence-corrected chi connectivity index (χ2v) is 5.38. The van der Waals surface area contributed by atoms with Crippen LogP contribution in [0.2, 0.25) is 0 Å². The van der Waals surface area contributed by atoms with Crippen molar-refractivity contribution in [2.24, 2.45) is 5.84 Å². The van der Waals surface area contributed by atoms with Crippen LogP contribution in [0, 0.1) is 6.92 Å². The molecule has 3 rings (SSSR count). The van der Waals surface area contributed by atoms with Gasteiger partial charge < -0.3 is 0 Å². The number of rotatable bonds is 3. The summed E-state index contributed by atoms with van der Waals surface area (Å²) in [6.45, 7) is 2.01. The summed E-state index contributed by atoms with van der Waals surface area (Å²) in [5.74, 6) is 5.79. The molecule has 0 aliphatic heterocycles. The first kappa shape index (κ1) is 12.3. The number of benzene rings is 1. The fourth-order valence-electron chi connectivity index (χ4n) is 2.39. The second-order valence-electron chi connectivity index (χ2n) is 4.46. The van der Waals surface area contributed by atoms with Gasteiger partial charge in [0, 0.05) is 16.6 Å². The molecule has 0 amide bonds. The Kier molecular flexibility index (Phi) is 3.29. The van der Waals surface area contributed by atoms with Crippen molar-refractivity contribution in [1.29, 1.82) is 0 Å². The van der Waals surface area contributed by atoms with Gasteiger partial charge in [-0.15, -0.1) is 11.3 Å². The second kappa shape index (κ2) is 5.09. The standard InChI is InChI=1S/C15H15N3S/c1-10-12(6-3-8-17-10)14(18-16)13-5-2-4-11-7-9-19-15(11)13/h2-9,14,18H,16H2,1H3. The van der Waals surface area contributed by atoms with Gasteiger partial charge in [-0.2, -0.15) is 0 Å². The van der Waals surface area contributed by atoms with Crippen molar-refractivity contribution in [2.45, 2.75) is 13.0 Å². The van der Waals surface area contributed by atoms with Crippen LogP contribution < -0.4 is 11.3 Å². The van der Waals surface area contributed by atoms with Gasteiger partial charge in [0.25, 0.3) is 0 Å². The van der Waals surface area contributed by atoms with Gasteiger partial charge in [0.15, 0.2) is 0 Å². The number of hydrazine groups is 1. The minimum absolute atomic E-state index is 0.0314. The van der Waals surface area contributed by atoms with E-state index >= 15 is 0 Å². The molecule has 0 fully saturated rings. The van der Waals surface area contributed by atoms with E-state index in [9.17, 15) is 0 Å². The van der Waals surface area contributed by atoms with Gasteiger partial charge in [0.2, 0.25) is 0 Å². The summed E-state index contributed by atoms with van der Waals surface area (Å²) in [6.07, 6.45) is 1.80. The third kappa shape index (κ3) is 2.14. The van der Waals surface area contributed by atoms with Crippen LogP contribution in [-0.2, 0) is 0 Å². The average Bonchev–Trinajstić information content (AvgIpc) is 2.91. The first-order chi connectivity index (χ1) is 9.31. The number of thiophene rings is 1. The van der Waals surface area contributed by atoms with E-state index in [2.05, 4.69) is 46.1 Å². The molecular formula is C15H15N3S. The van der Waals surface area contributed by atoms with Crippen molar-refractivity contribution >= 4 is 21.4 Å². The third-order valence-electron chi connectivity index (χ3n) is 3.35. The maximum absolute atomic E-state index is 5.79. The molecule has 3 aromatic rings. The molecule has 2 heterocycles. The van der Waals surface area contributed by atoms with Crippen LogP contribution in [0.3, 0.4) is 0 Å². The van der Waals surface area contributed by atoms with E-state index in [1.807, 2.05) is 13.0 Å². The summed E-state index contributed by atoms with van der Waals surface area (Å²) in [6, 6.07) is 12.4. The number of nitrogens with zero attached hydrogens (tertiary/aromatic N) is 1. The quantitative estimate of drug-likeness (QED) is 0.567. The highest BCUT2D eigenvalue weighted by molar-refractivity contribution is 7.17. The van der Waals surface area contributed by atoms with E-state index in [1.165, 1.54) is 15.6 Å². The molecule has 0 bridgehead atoms. The molecule has 1 aromatic carbocycles. The van der Waals surface area contributed by atoms with E-state index in [4.69, 9.17) is 5.84 Å². The lowest BCUT2D eigenvalue weighted by atomic mass is 9.97. The van der Waals surface area contributed by atoms with E-state index in [0.29, 0.717) is 0 Å². The van der Waals surface area contributed by atoms with E-state index in [-0.39, 0.29) is 6.04 Å². The number of nitrogens with one attached hydrogen (secondary N) is 1. The zero-order valence-corrected chi connectivity index (χ0v) is 11.4. The molecular weight excluding hydrogens is 254 g/mol. The first-order valence-corrected chi connectivity index (χ1v) is 7.03. The van der Waals surface area contributed by atoms with E-state index < -0.39 is 0 Å². The fourth-order valence-corrected chi connectivity index (χ4v) is 3.34. The molecule has 0 spiro atoms. The number of hydrogen-bond donors (Lipinski definition) is 2. The topological polar surface area (TPSA) is 50.9 Å². The highest BCUT2D eigenvalue weighted by Gasteiger charge is 2.17. The molecule has 0 aliphatic carbocycles. The highest BCUT2D eigenvalue weighted by Crippen LogP contribution is 2.32. The highest BCUT2D eigenvalue weighted by atomic mass is 32.1. The molecule has 0 saturated heterocycles. The third-order valence-corrected chi connectivity index (χ3v) is 4.33. The van der Waals surface area contributed by atoms with Crippen LogP contribution in [0.4, 0.5) is 0 Å². The Morgan fingerprint density at radius 1 is 1.16 bits per heavy atom. The van der Waals surface area contributed by atoms with Crippen molar-refractivity contribution in [3.63, 3.8) is 0 Å². The lowest BCUT2D eigenvalue weighted by Gasteiger charge is -2.19. The number of pyridine rings is 1. The minimum atomic E-state index is -0.0314. The zero-order valence-electron chi connectivity index (χ0n) is 10.6. The lowest BCUT2D eigenvalue weighted by Crippen LogP contribution is -2.29. The van der Waals surface area contributed by atoms with Gasteiger partial charge in [-0.3, -0.25) is 10.8 Å². The Labute approximate surface area is 116 Å². The largest absolute Gasteiger partial charge is 0.271 e. The monoisotopic (exact) mass is 269 g/mol. The Morgan fingerprint density at radius 2 is 2.00 bits per heavy atom. The van der Waals surface area contributed by atoms with Crippen LogP contribution >= 0.6 is 11.3 Å². The average molecular weight is 269 g/mol. The molecule has 1 atom stereocenters. The van der Waals surface area contributed by atoms with Crippen molar-refractivity contribution in [2.75, 3.05) is 0 Å². The summed E-state index contributed by atoms with van der Waals surface area (Å²) in [5.41, 5.74) is 6.24. The van der Waals surface area contributed by atoms with E-state index in [1.54, 1.807) is 17.5 Å². The molecule has 4 heteroatoms. The number of hydrogen-bond acceptors (Lipinski definition) is 4. The molecule has 3 N–H and O–H groups in total. The molecule has 0 radical (unpaired) electrons. The van der Waals surface area contributed by atoms with Gasteiger partial charge in [-0.05, 0) is 40.9 Å². The molecule has 0 saturated carbocycles. The fraction of sp³-hybridized carbons (Fsp3) is 0.133. The van der Waals surface area contributed by atoms with Crippen molar-refractivity contribution in [1.82, 2.24) is 10.4 Å². The smallest absolute Gasteiger partial charge is 0.0741 e. The Morgan fingerprint density at radius 3 is 2.79 bits per heavy atom. The van der Waals surface area contributed by atoms with Crippen LogP contribution in [0.5, 0.6) is 0 Å². The SMILES string of the molecule is Cc1ncccc1C(NN)c1cccc2ccsc12. The Bertz CT molecular complexity index is 705. The van der Waals surface area contributed by atoms with Gasteiger partial charge in [0.1, 0.15) is 0 Å². The van der Waals surface area contributed by atoms with E-state index in [0.717, 1.165) is 11.3 Å². The molecule has 2 aromatic heterocycles. The van der Waals surface area contributed by atoms with Crippen molar-refractivity contribution in [3.8, 4) is 0 Å². The predicted octanol–water partition coefficient (Wildman–Crippen LogP) is 3.16. The lowest BCUT2D eigenvalue weighted by molar-refractivity contribution is 0.635. The molecule has 3 nitrogen and oxygen atoms in total. The minimum Gasteiger partial charge on any atom is -0.271 e. The summed E-state index contributed by atoms with van der Waals surface area (Å²) in [7, 11) is 0. The van der Waals surface area contributed by atoms with Crippen LogP contribution in [-0.4, -0.2) is 4.98 Å². The zero-order chi connectivity index (χ0) is 13.2. The number of fused-ring (bicyclic) bond motifs is 1. The van der Waals surface area contributed by atoms with Crippen LogP contribution in [0.1, 0.15) is 22.9 Å². The van der Waals surface area contributed by atoms with Crippen LogP contribution in [0.25, 0.3) is 10.1 Å². The van der Waals surface area contributed by atoms with Gasteiger partial charge in [-0.1, -0.05) is 24.3 Å². The Balaban J connectivity index is 2.18. The molecule has 0 aliphatic rings. The van der Waals surface area contributed by atoms with Gasteiger partial charge in [0.05, 0.1) is 6.04 Å². The van der Waals surface area contributed by atoms with Gasteiger partial charge in [-0.25, -0.2) is 5.43 Å². The first-order valence-electron chi connectivity index (χ1n) is 6.15.